The molecule has 1 atom stereocenters. The summed E-state index contributed by atoms with van der Waals surface area (Å²) < 4.78 is 0. The average molecular weight is 321 g/mol. The largest absolute Gasteiger partial charge is 0.399 e. The normalized spacial score (nSPS) is 12.5. The van der Waals surface area contributed by atoms with Crippen LogP contribution in [0.4, 0.5) is 5.69 Å². The zero-order valence-corrected chi connectivity index (χ0v) is 10.9. The van der Waals surface area contributed by atoms with Crippen LogP contribution in [0.1, 0.15) is 22.9 Å². The fourth-order valence-corrected chi connectivity index (χ4v) is 2.13. The fourth-order valence-electron chi connectivity index (χ4n) is 1.19. The van der Waals surface area contributed by atoms with Gasteiger partial charge in [0.05, 0.1) is 4.83 Å². The summed E-state index contributed by atoms with van der Waals surface area (Å²) in [5.41, 5.74) is 8.37. The van der Waals surface area contributed by atoms with Crippen molar-refractivity contribution >= 4 is 43.3 Å². The van der Waals surface area contributed by atoms with Crippen LogP contribution in [-0.2, 0) is 10.1 Å². The lowest BCUT2D eigenvalue weighted by atomic mass is 10.0. The first-order valence-electron chi connectivity index (χ1n) is 4.15. The Labute approximate surface area is 100 Å². The summed E-state index contributed by atoms with van der Waals surface area (Å²) in [5.74, 6) is 0.0813. The van der Waals surface area contributed by atoms with Crippen LogP contribution in [0, 0.1) is 0 Å². The Morgan fingerprint density at radius 1 is 1.57 bits per heavy atom. The Morgan fingerprint density at radius 3 is 2.71 bits per heavy atom. The van der Waals surface area contributed by atoms with E-state index in [9.17, 15) is 4.79 Å². The zero-order valence-electron chi connectivity index (χ0n) is 7.76. The van der Waals surface area contributed by atoms with Gasteiger partial charge in [-0.15, -0.1) is 0 Å². The molecule has 0 aromatic heterocycles. The number of nitrogens with two attached hydrogens (primary N) is 1. The van der Waals surface area contributed by atoms with Crippen molar-refractivity contribution in [2.45, 2.75) is 17.1 Å². The first-order valence-corrected chi connectivity index (χ1v) is 6.18. The van der Waals surface area contributed by atoms with E-state index in [1.54, 1.807) is 6.92 Å². The molecular weight excluding hydrogens is 310 g/mol. The maximum atomic E-state index is 11.2. The van der Waals surface area contributed by atoms with Gasteiger partial charge in [-0.3, -0.25) is 4.79 Å². The summed E-state index contributed by atoms with van der Waals surface area (Å²) in [4.78, 5) is 11.0. The Morgan fingerprint density at radius 2 is 2.21 bits per heavy atom. The number of alkyl halides is 2. The van der Waals surface area contributed by atoms with Gasteiger partial charge in [0, 0.05) is 11.0 Å². The number of nitrogen functional groups attached to an aromatic ring is 1. The SMILES string of the molecule is CC(=O)C(Br)c1cc(N)ccc1CBr. The first-order chi connectivity index (χ1) is 6.56. The summed E-state index contributed by atoms with van der Waals surface area (Å²) in [7, 11) is 0. The van der Waals surface area contributed by atoms with Crippen molar-refractivity contribution in [1.29, 1.82) is 0 Å². The van der Waals surface area contributed by atoms with E-state index >= 15 is 0 Å². The second-order valence-electron chi connectivity index (χ2n) is 3.07. The van der Waals surface area contributed by atoms with Gasteiger partial charge in [0.25, 0.3) is 0 Å². The maximum absolute atomic E-state index is 11.2. The maximum Gasteiger partial charge on any atom is 0.147 e. The van der Waals surface area contributed by atoms with E-state index in [1.165, 1.54) is 0 Å². The van der Waals surface area contributed by atoms with Gasteiger partial charge in [0.15, 0.2) is 0 Å². The number of carbonyl (C=O) groups excluding carboxylic acids is 1. The number of hydrogen-bond donors (Lipinski definition) is 1. The molecule has 0 aliphatic carbocycles. The van der Waals surface area contributed by atoms with Crippen LogP contribution in [0.15, 0.2) is 18.2 Å². The summed E-state index contributed by atoms with van der Waals surface area (Å²) in [6, 6.07) is 5.59. The van der Waals surface area contributed by atoms with Crippen LogP contribution in [-0.4, -0.2) is 5.78 Å². The molecule has 1 aromatic rings. The summed E-state index contributed by atoms with van der Waals surface area (Å²) in [5, 5.41) is 0.720. The lowest BCUT2D eigenvalue weighted by Gasteiger charge is -2.11. The number of anilines is 1. The Hall–Kier alpha value is -0.350. The third-order valence-corrected chi connectivity index (χ3v) is 3.69. The zero-order chi connectivity index (χ0) is 10.7. The van der Waals surface area contributed by atoms with Crippen LogP contribution < -0.4 is 5.73 Å². The number of halogens is 2. The molecule has 0 saturated heterocycles. The number of benzene rings is 1. The molecule has 0 radical (unpaired) electrons. The third-order valence-electron chi connectivity index (χ3n) is 1.94. The monoisotopic (exact) mass is 319 g/mol. The minimum Gasteiger partial charge on any atom is -0.399 e. The molecule has 0 aliphatic rings. The van der Waals surface area contributed by atoms with E-state index in [1.807, 2.05) is 18.2 Å². The van der Waals surface area contributed by atoms with E-state index in [0.29, 0.717) is 5.69 Å². The van der Waals surface area contributed by atoms with Gasteiger partial charge in [-0.25, -0.2) is 0 Å². The van der Waals surface area contributed by atoms with Crippen LogP contribution in [0.25, 0.3) is 0 Å². The van der Waals surface area contributed by atoms with Gasteiger partial charge in [-0.2, -0.15) is 0 Å². The molecule has 0 bridgehead atoms. The molecule has 4 heteroatoms. The van der Waals surface area contributed by atoms with Gasteiger partial charge in [-0.1, -0.05) is 37.9 Å². The van der Waals surface area contributed by atoms with Crippen molar-refractivity contribution < 1.29 is 4.79 Å². The van der Waals surface area contributed by atoms with Gasteiger partial charge < -0.3 is 5.73 Å². The molecule has 1 rings (SSSR count). The molecular formula is C10H11Br2NO. The Bertz CT molecular complexity index is 352. The molecule has 76 valence electrons. The number of rotatable bonds is 3. The van der Waals surface area contributed by atoms with Crippen molar-refractivity contribution in [3.63, 3.8) is 0 Å². The van der Waals surface area contributed by atoms with E-state index < -0.39 is 0 Å². The third kappa shape index (κ3) is 2.58. The predicted octanol–water partition coefficient (Wildman–Crippen LogP) is 3.19. The smallest absolute Gasteiger partial charge is 0.147 e. The topological polar surface area (TPSA) is 43.1 Å². The molecule has 0 spiro atoms. The summed E-state index contributed by atoms with van der Waals surface area (Å²) >= 11 is 6.73. The second-order valence-corrected chi connectivity index (χ2v) is 4.54. The van der Waals surface area contributed by atoms with Crippen LogP contribution in [0.3, 0.4) is 0 Å². The minimum absolute atomic E-state index is 0.0813. The molecule has 14 heavy (non-hydrogen) atoms. The molecule has 1 aromatic carbocycles. The van der Waals surface area contributed by atoms with Crippen molar-refractivity contribution in [1.82, 2.24) is 0 Å². The lowest BCUT2D eigenvalue weighted by Crippen LogP contribution is -2.04. The first kappa shape index (κ1) is 11.7. The van der Waals surface area contributed by atoms with Crippen molar-refractivity contribution in [2.75, 3.05) is 5.73 Å². The Balaban J connectivity index is 3.16. The summed E-state index contributed by atoms with van der Waals surface area (Å²) in [6.07, 6.45) is 0. The quantitative estimate of drug-likeness (QED) is 0.686. The van der Waals surface area contributed by atoms with E-state index in [4.69, 9.17) is 5.73 Å². The molecule has 2 nitrogen and oxygen atoms in total. The highest BCUT2D eigenvalue weighted by Gasteiger charge is 2.16. The predicted molar refractivity (Wildman–Crippen MR) is 65.8 cm³/mol. The van der Waals surface area contributed by atoms with E-state index in [-0.39, 0.29) is 10.6 Å². The van der Waals surface area contributed by atoms with E-state index in [2.05, 4.69) is 31.9 Å². The lowest BCUT2D eigenvalue weighted by molar-refractivity contribution is -0.116. The van der Waals surface area contributed by atoms with Crippen LogP contribution >= 0.6 is 31.9 Å². The number of Topliss-reactive ketones (excluding diaryl/α,β-unsaturated/α-hetero) is 1. The average Bonchev–Trinajstić information content (AvgIpc) is 2.16. The molecule has 0 heterocycles. The van der Waals surface area contributed by atoms with Gasteiger partial charge in [0.2, 0.25) is 0 Å². The number of carbonyl (C=O) groups is 1. The second kappa shape index (κ2) is 4.94. The van der Waals surface area contributed by atoms with Gasteiger partial charge in [0.1, 0.15) is 5.78 Å². The number of ketones is 1. The van der Waals surface area contributed by atoms with Crippen LogP contribution in [0.5, 0.6) is 0 Å². The van der Waals surface area contributed by atoms with Gasteiger partial charge >= 0.3 is 0 Å². The van der Waals surface area contributed by atoms with Crippen molar-refractivity contribution in [3.05, 3.63) is 29.3 Å². The summed E-state index contributed by atoms with van der Waals surface area (Å²) in [6.45, 7) is 1.56. The van der Waals surface area contributed by atoms with Crippen molar-refractivity contribution in [3.8, 4) is 0 Å². The molecule has 0 amide bonds. The molecule has 2 N–H and O–H groups in total. The van der Waals surface area contributed by atoms with Crippen molar-refractivity contribution in [2.24, 2.45) is 0 Å². The highest BCUT2D eigenvalue weighted by atomic mass is 79.9. The molecule has 0 saturated carbocycles. The minimum atomic E-state index is -0.265. The highest BCUT2D eigenvalue weighted by molar-refractivity contribution is 9.09. The van der Waals surface area contributed by atoms with Gasteiger partial charge in [-0.05, 0) is 30.2 Å². The standard InChI is InChI=1S/C10H11Br2NO/c1-6(14)10(12)9-4-8(13)3-2-7(9)5-11/h2-4,10H,5,13H2,1H3. The Kier molecular flexibility index (Phi) is 4.13. The van der Waals surface area contributed by atoms with Crippen LogP contribution in [0.2, 0.25) is 0 Å². The fraction of sp³-hybridized carbons (Fsp3) is 0.300. The van der Waals surface area contributed by atoms with E-state index in [0.717, 1.165) is 16.5 Å². The molecule has 0 fully saturated rings. The number of hydrogen-bond acceptors (Lipinski definition) is 2. The molecule has 1 unspecified atom stereocenters. The molecule has 0 aliphatic heterocycles. The highest BCUT2D eigenvalue weighted by Crippen LogP contribution is 2.29.